The monoisotopic (exact) mass is 470 g/mol. The maximum Gasteiger partial charge on any atom is 0.251 e. The SMILES string of the molecule is CC(C)N(C(=O)Cn1c(CNC(=O)c2ccc(Br)cc2)nc2ccccc21)C(C)C. The fraction of sp³-hybridized carbons (Fsp3) is 0.348. The number of nitrogens with one attached hydrogen (secondary N) is 1. The summed E-state index contributed by atoms with van der Waals surface area (Å²) >= 11 is 3.37. The zero-order valence-electron chi connectivity index (χ0n) is 17.7. The van der Waals surface area contributed by atoms with Gasteiger partial charge in [0.15, 0.2) is 0 Å². The number of rotatable bonds is 7. The third-order valence-electron chi connectivity index (χ3n) is 4.94. The molecule has 0 unspecified atom stereocenters. The maximum absolute atomic E-state index is 13.1. The van der Waals surface area contributed by atoms with Crippen molar-refractivity contribution in [3.8, 4) is 0 Å². The van der Waals surface area contributed by atoms with E-state index >= 15 is 0 Å². The molecule has 0 bridgehead atoms. The summed E-state index contributed by atoms with van der Waals surface area (Å²) in [5.74, 6) is 0.504. The van der Waals surface area contributed by atoms with Crippen LogP contribution in [0.2, 0.25) is 0 Å². The van der Waals surface area contributed by atoms with E-state index in [4.69, 9.17) is 0 Å². The Morgan fingerprint density at radius 3 is 2.30 bits per heavy atom. The lowest BCUT2D eigenvalue weighted by molar-refractivity contribution is -0.135. The molecule has 3 rings (SSSR count). The molecule has 158 valence electrons. The van der Waals surface area contributed by atoms with Crippen LogP contribution in [0.1, 0.15) is 43.9 Å². The van der Waals surface area contributed by atoms with Gasteiger partial charge in [0.25, 0.3) is 5.91 Å². The van der Waals surface area contributed by atoms with Crippen LogP contribution in [-0.2, 0) is 17.9 Å². The second-order valence-corrected chi connectivity index (χ2v) is 8.70. The Hall–Kier alpha value is -2.67. The molecule has 0 aliphatic heterocycles. The molecule has 0 saturated heterocycles. The van der Waals surface area contributed by atoms with Gasteiger partial charge in [-0.2, -0.15) is 0 Å². The summed E-state index contributed by atoms with van der Waals surface area (Å²) in [4.78, 5) is 32.1. The minimum absolute atomic E-state index is 0.0311. The van der Waals surface area contributed by atoms with E-state index in [0.717, 1.165) is 15.5 Å². The number of carbonyl (C=O) groups excluding carboxylic acids is 2. The molecule has 3 aromatic rings. The van der Waals surface area contributed by atoms with Gasteiger partial charge in [0.2, 0.25) is 5.91 Å². The lowest BCUT2D eigenvalue weighted by Crippen LogP contribution is -2.44. The molecule has 1 aromatic heterocycles. The Labute approximate surface area is 185 Å². The molecule has 0 fully saturated rings. The zero-order valence-corrected chi connectivity index (χ0v) is 19.3. The van der Waals surface area contributed by atoms with Gasteiger partial charge in [0.1, 0.15) is 12.4 Å². The Morgan fingerprint density at radius 2 is 1.67 bits per heavy atom. The van der Waals surface area contributed by atoms with Crippen LogP contribution in [0.3, 0.4) is 0 Å². The van der Waals surface area contributed by atoms with E-state index in [-0.39, 0.29) is 37.0 Å². The first kappa shape index (κ1) is 22.0. The van der Waals surface area contributed by atoms with Crippen LogP contribution < -0.4 is 5.32 Å². The van der Waals surface area contributed by atoms with Gasteiger partial charge in [0.05, 0.1) is 17.6 Å². The van der Waals surface area contributed by atoms with E-state index in [9.17, 15) is 9.59 Å². The van der Waals surface area contributed by atoms with Crippen LogP contribution in [0.4, 0.5) is 0 Å². The van der Waals surface area contributed by atoms with E-state index in [1.54, 1.807) is 12.1 Å². The molecule has 1 heterocycles. The standard InChI is InChI=1S/C23H27BrN4O2/c1-15(2)28(16(3)4)22(29)14-27-20-8-6-5-7-19(20)26-21(27)13-25-23(30)17-9-11-18(24)12-10-17/h5-12,15-16H,13-14H2,1-4H3,(H,25,30). The van der Waals surface area contributed by atoms with Crippen LogP contribution in [0, 0.1) is 0 Å². The van der Waals surface area contributed by atoms with Crippen LogP contribution >= 0.6 is 15.9 Å². The quantitative estimate of drug-likeness (QED) is 0.557. The summed E-state index contributed by atoms with van der Waals surface area (Å²) in [7, 11) is 0. The number of aromatic nitrogens is 2. The molecule has 0 atom stereocenters. The molecule has 0 aliphatic rings. The van der Waals surface area contributed by atoms with Crippen LogP contribution in [0.15, 0.2) is 53.0 Å². The normalized spacial score (nSPS) is 11.3. The average molecular weight is 471 g/mol. The minimum atomic E-state index is -0.182. The van der Waals surface area contributed by atoms with Gasteiger partial charge in [-0.25, -0.2) is 4.98 Å². The molecule has 30 heavy (non-hydrogen) atoms. The summed E-state index contributed by atoms with van der Waals surface area (Å²) in [6.45, 7) is 8.49. The van der Waals surface area contributed by atoms with Crippen LogP contribution in [0.5, 0.6) is 0 Å². The number of hydrogen-bond donors (Lipinski definition) is 1. The molecular formula is C23H27BrN4O2. The summed E-state index contributed by atoms with van der Waals surface area (Å²) in [5, 5.41) is 2.92. The molecule has 2 amide bonds. The van der Waals surface area contributed by atoms with Crippen molar-refractivity contribution in [2.75, 3.05) is 0 Å². The topological polar surface area (TPSA) is 67.2 Å². The fourth-order valence-electron chi connectivity index (χ4n) is 3.69. The summed E-state index contributed by atoms with van der Waals surface area (Å²) in [6, 6.07) is 15.1. The predicted octanol–water partition coefficient (Wildman–Crippen LogP) is 4.37. The van der Waals surface area contributed by atoms with Gasteiger partial charge in [0, 0.05) is 22.1 Å². The lowest BCUT2D eigenvalue weighted by Gasteiger charge is -2.31. The molecule has 0 aliphatic carbocycles. The largest absolute Gasteiger partial charge is 0.345 e. The van der Waals surface area contributed by atoms with Gasteiger partial charge in [-0.1, -0.05) is 28.1 Å². The second-order valence-electron chi connectivity index (χ2n) is 7.78. The number of hydrogen-bond acceptors (Lipinski definition) is 3. The molecule has 6 nitrogen and oxygen atoms in total. The van der Waals surface area contributed by atoms with Gasteiger partial charge < -0.3 is 14.8 Å². The first-order valence-electron chi connectivity index (χ1n) is 10.1. The van der Waals surface area contributed by atoms with Gasteiger partial charge >= 0.3 is 0 Å². The fourth-order valence-corrected chi connectivity index (χ4v) is 3.95. The number of carbonyl (C=O) groups is 2. The third-order valence-corrected chi connectivity index (χ3v) is 5.47. The van der Waals surface area contributed by atoms with E-state index in [2.05, 4.69) is 26.2 Å². The minimum Gasteiger partial charge on any atom is -0.345 e. The highest BCUT2D eigenvalue weighted by Crippen LogP contribution is 2.18. The molecule has 1 N–H and O–H groups in total. The first-order chi connectivity index (χ1) is 14.3. The Balaban J connectivity index is 1.85. The molecule has 0 radical (unpaired) electrons. The smallest absolute Gasteiger partial charge is 0.251 e. The Morgan fingerprint density at radius 1 is 1.03 bits per heavy atom. The van der Waals surface area contributed by atoms with Crippen molar-refractivity contribution < 1.29 is 9.59 Å². The second kappa shape index (κ2) is 9.43. The summed E-state index contributed by atoms with van der Waals surface area (Å²) in [6.07, 6.45) is 0. The highest BCUT2D eigenvalue weighted by atomic mass is 79.9. The van der Waals surface area contributed by atoms with Crippen LogP contribution in [-0.4, -0.2) is 38.3 Å². The molecule has 0 spiro atoms. The highest BCUT2D eigenvalue weighted by Gasteiger charge is 2.22. The number of benzene rings is 2. The maximum atomic E-state index is 13.1. The lowest BCUT2D eigenvalue weighted by atomic mass is 10.2. The van der Waals surface area contributed by atoms with Crippen molar-refractivity contribution >= 4 is 38.8 Å². The van der Waals surface area contributed by atoms with Gasteiger partial charge in [-0.3, -0.25) is 9.59 Å². The molecular weight excluding hydrogens is 444 g/mol. The van der Waals surface area contributed by atoms with Crippen molar-refractivity contribution in [3.05, 3.63) is 64.4 Å². The number of nitrogens with zero attached hydrogens (tertiary/aromatic N) is 3. The van der Waals surface area contributed by atoms with E-state index in [1.807, 2.05) is 73.6 Å². The van der Waals surface area contributed by atoms with E-state index in [0.29, 0.717) is 11.4 Å². The van der Waals surface area contributed by atoms with Crippen molar-refractivity contribution in [1.82, 2.24) is 19.8 Å². The van der Waals surface area contributed by atoms with Crippen LogP contribution in [0.25, 0.3) is 11.0 Å². The molecule has 7 heteroatoms. The van der Waals surface area contributed by atoms with Crippen molar-refractivity contribution in [3.63, 3.8) is 0 Å². The summed E-state index contributed by atoms with van der Waals surface area (Å²) < 4.78 is 2.82. The number of imidazole rings is 1. The molecule has 0 saturated carbocycles. The number of fused-ring (bicyclic) bond motifs is 1. The predicted molar refractivity (Wildman–Crippen MR) is 122 cm³/mol. The Bertz CT molecular complexity index is 1030. The van der Waals surface area contributed by atoms with Crippen molar-refractivity contribution in [2.24, 2.45) is 0 Å². The van der Waals surface area contributed by atoms with Gasteiger partial charge in [-0.15, -0.1) is 0 Å². The van der Waals surface area contributed by atoms with Crippen molar-refractivity contribution in [1.29, 1.82) is 0 Å². The Kier molecular flexibility index (Phi) is 6.92. The van der Waals surface area contributed by atoms with Gasteiger partial charge in [-0.05, 0) is 64.1 Å². The number of para-hydroxylation sites is 2. The third kappa shape index (κ3) is 4.90. The number of amides is 2. The van der Waals surface area contributed by atoms with E-state index in [1.165, 1.54) is 0 Å². The average Bonchev–Trinajstić information content (AvgIpc) is 3.03. The first-order valence-corrected chi connectivity index (χ1v) is 10.9. The van der Waals surface area contributed by atoms with E-state index < -0.39 is 0 Å². The molecule has 2 aromatic carbocycles. The highest BCUT2D eigenvalue weighted by molar-refractivity contribution is 9.10. The zero-order chi connectivity index (χ0) is 21.8. The number of halogens is 1. The van der Waals surface area contributed by atoms with Crippen molar-refractivity contribution in [2.45, 2.75) is 52.9 Å². The summed E-state index contributed by atoms with van der Waals surface area (Å²) in [5.41, 5.74) is 2.26.